The zero-order chi connectivity index (χ0) is 22.4. The minimum atomic E-state index is -3.49. The standard InChI is InChI=1S/C21H30FN3O5S/c1-14(16-5-6-17(22)19(11-16)30-13-15-3-4-15)12-24-31(28,29)10-2-9-23-18-7-8-20(26)25-21(18)27/h5-6,11,14-15,18,23-24H,2-4,7-10,12-13H2,1H3,(H,25,26,27)/t14-,18?/m0/s1. The van der Waals surface area contributed by atoms with Crippen molar-refractivity contribution in [2.24, 2.45) is 5.92 Å². The van der Waals surface area contributed by atoms with Crippen LogP contribution in [-0.4, -0.2) is 51.7 Å². The fraction of sp³-hybridized carbons (Fsp3) is 0.619. The van der Waals surface area contributed by atoms with Crippen molar-refractivity contribution >= 4 is 21.8 Å². The summed E-state index contributed by atoms with van der Waals surface area (Å²) < 4.78 is 46.7. The van der Waals surface area contributed by atoms with E-state index >= 15 is 0 Å². The van der Waals surface area contributed by atoms with E-state index in [1.807, 2.05) is 6.92 Å². The van der Waals surface area contributed by atoms with Crippen molar-refractivity contribution in [2.75, 3.05) is 25.4 Å². The first-order chi connectivity index (χ1) is 14.7. The molecule has 0 radical (unpaired) electrons. The molecular formula is C21H30FN3O5S. The van der Waals surface area contributed by atoms with Crippen molar-refractivity contribution in [3.8, 4) is 5.75 Å². The number of nitrogens with one attached hydrogen (secondary N) is 3. The molecule has 1 saturated heterocycles. The first kappa shape index (κ1) is 23.6. The zero-order valence-corrected chi connectivity index (χ0v) is 18.5. The van der Waals surface area contributed by atoms with Gasteiger partial charge in [0, 0.05) is 13.0 Å². The number of carbonyl (C=O) groups is 2. The Morgan fingerprint density at radius 3 is 2.74 bits per heavy atom. The first-order valence-corrected chi connectivity index (χ1v) is 12.4. The molecule has 3 N–H and O–H groups in total. The number of piperidine rings is 1. The number of hydrogen-bond donors (Lipinski definition) is 3. The third kappa shape index (κ3) is 7.55. The van der Waals surface area contributed by atoms with Crippen LogP contribution in [0, 0.1) is 11.7 Å². The van der Waals surface area contributed by atoms with Gasteiger partial charge in [0.2, 0.25) is 21.8 Å². The maximum absolute atomic E-state index is 13.9. The minimum Gasteiger partial charge on any atom is -0.490 e. The summed E-state index contributed by atoms with van der Waals surface area (Å²) in [5, 5.41) is 5.24. The lowest BCUT2D eigenvalue weighted by Gasteiger charge is -2.21. The average Bonchev–Trinajstić information content (AvgIpc) is 3.55. The molecule has 3 rings (SSSR count). The first-order valence-electron chi connectivity index (χ1n) is 10.7. The maximum Gasteiger partial charge on any atom is 0.243 e. The second kappa shape index (κ2) is 10.5. The van der Waals surface area contributed by atoms with Crippen molar-refractivity contribution in [2.45, 2.75) is 51.0 Å². The van der Waals surface area contributed by atoms with Crippen molar-refractivity contribution in [1.82, 2.24) is 15.4 Å². The van der Waals surface area contributed by atoms with E-state index in [-0.39, 0.29) is 42.2 Å². The number of rotatable bonds is 12. The molecule has 2 atom stereocenters. The summed E-state index contributed by atoms with van der Waals surface area (Å²) in [5.74, 6) is -0.590. The number of halogens is 1. The van der Waals surface area contributed by atoms with Gasteiger partial charge >= 0.3 is 0 Å². The SMILES string of the molecule is C[C@@H](CNS(=O)(=O)CCCNC1CCC(=O)NC1=O)c1ccc(F)c(OCC2CC2)c1. The predicted molar refractivity (Wildman–Crippen MR) is 114 cm³/mol. The van der Waals surface area contributed by atoms with E-state index in [2.05, 4.69) is 15.4 Å². The van der Waals surface area contributed by atoms with E-state index in [1.54, 1.807) is 12.1 Å². The number of hydrogen-bond acceptors (Lipinski definition) is 6. The number of carbonyl (C=O) groups excluding carboxylic acids is 2. The van der Waals surface area contributed by atoms with Crippen LogP contribution in [0.3, 0.4) is 0 Å². The fourth-order valence-electron chi connectivity index (χ4n) is 3.30. The van der Waals surface area contributed by atoms with Gasteiger partial charge in [-0.2, -0.15) is 0 Å². The third-order valence-electron chi connectivity index (χ3n) is 5.52. The molecule has 1 aromatic rings. The molecule has 2 fully saturated rings. The van der Waals surface area contributed by atoms with Crippen LogP contribution in [0.15, 0.2) is 18.2 Å². The third-order valence-corrected chi connectivity index (χ3v) is 6.96. The lowest BCUT2D eigenvalue weighted by atomic mass is 10.0. The summed E-state index contributed by atoms with van der Waals surface area (Å²) in [6.45, 7) is 2.91. The molecule has 2 aliphatic rings. The van der Waals surface area contributed by atoms with Gasteiger partial charge in [-0.3, -0.25) is 14.9 Å². The van der Waals surface area contributed by atoms with E-state index in [1.165, 1.54) is 6.07 Å². The highest BCUT2D eigenvalue weighted by atomic mass is 32.2. The summed E-state index contributed by atoms with van der Waals surface area (Å²) >= 11 is 0. The molecule has 172 valence electrons. The van der Waals surface area contributed by atoms with Crippen LogP contribution in [0.2, 0.25) is 0 Å². The molecule has 0 spiro atoms. The van der Waals surface area contributed by atoms with Gasteiger partial charge < -0.3 is 10.1 Å². The second-order valence-electron chi connectivity index (χ2n) is 8.32. The summed E-state index contributed by atoms with van der Waals surface area (Å²) in [4.78, 5) is 22.8. The van der Waals surface area contributed by atoms with Crippen molar-refractivity contribution < 1.29 is 27.1 Å². The Kier molecular flexibility index (Phi) is 8.01. The van der Waals surface area contributed by atoms with Crippen LogP contribution >= 0.6 is 0 Å². The predicted octanol–water partition coefficient (Wildman–Crippen LogP) is 1.42. The summed E-state index contributed by atoms with van der Waals surface area (Å²) in [7, 11) is -3.49. The molecule has 1 aliphatic heterocycles. The molecule has 1 saturated carbocycles. The molecule has 1 unspecified atom stereocenters. The fourth-order valence-corrected chi connectivity index (χ4v) is 4.47. The Morgan fingerprint density at radius 1 is 1.26 bits per heavy atom. The van der Waals surface area contributed by atoms with Gasteiger partial charge in [-0.1, -0.05) is 13.0 Å². The number of benzene rings is 1. The van der Waals surface area contributed by atoms with Crippen LogP contribution in [0.4, 0.5) is 4.39 Å². The Hall–Kier alpha value is -2.04. The minimum absolute atomic E-state index is 0.0842. The molecule has 8 nitrogen and oxygen atoms in total. The molecular weight excluding hydrogens is 425 g/mol. The van der Waals surface area contributed by atoms with Gasteiger partial charge in [-0.05, 0) is 61.8 Å². The highest BCUT2D eigenvalue weighted by molar-refractivity contribution is 7.89. The quantitative estimate of drug-likeness (QED) is 0.325. The van der Waals surface area contributed by atoms with E-state index in [0.717, 1.165) is 18.4 Å². The molecule has 10 heteroatoms. The molecule has 1 aliphatic carbocycles. The van der Waals surface area contributed by atoms with Gasteiger partial charge in [-0.15, -0.1) is 0 Å². The van der Waals surface area contributed by atoms with Crippen LogP contribution in [-0.2, 0) is 19.6 Å². The normalized spacial score (nSPS) is 20.4. The molecule has 0 aromatic heterocycles. The largest absolute Gasteiger partial charge is 0.490 e. The van der Waals surface area contributed by atoms with Crippen LogP contribution < -0.4 is 20.1 Å². The van der Waals surface area contributed by atoms with Crippen molar-refractivity contribution in [3.63, 3.8) is 0 Å². The monoisotopic (exact) mass is 455 g/mol. The summed E-state index contributed by atoms with van der Waals surface area (Å²) in [6.07, 6.45) is 3.25. The van der Waals surface area contributed by atoms with Gasteiger partial charge in [0.1, 0.15) is 0 Å². The van der Waals surface area contributed by atoms with Gasteiger partial charge in [0.05, 0.1) is 18.4 Å². The molecule has 2 amide bonds. The Balaban J connectivity index is 1.40. The lowest BCUT2D eigenvalue weighted by Crippen LogP contribution is -2.51. The topological polar surface area (TPSA) is 114 Å². The van der Waals surface area contributed by atoms with Crippen LogP contribution in [0.25, 0.3) is 0 Å². The Bertz CT molecular complexity index is 904. The van der Waals surface area contributed by atoms with E-state index in [4.69, 9.17) is 4.74 Å². The van der Waals surface area contributed by atoms with Crippen molar-refractivity contribution in [3.05, 3.63) is 29.6 Å². The maximum atomic E-state index is 13.9. The van der Waals surface area contributed by atoms with E-state index in [9.17, 15) is 22.4 Å². The van der Waals surface area contributed by atoms with E-state index in [0.29, 0.717) is 31.9 Å². The number of sulfonamides is 1. The summed E-state index contributed by atoms with van der Waals surface area (Å²) in [5.41, 5.74) is 0.800. The molecule has 1 aromatic carbocycles. The number of amides is 2. The second-order valence-corrected chi connectivity index (χ2v) is 10.3. The zero-order valence-electron chi connectivity index (χ0n) is 17.7. The Morgan fingerprint density at radius 2 is 2.03 bits per heavy atom. The Labute approximate surface area is 182 Å². The van der Waals surface area contributed by atoms with Gasteiger partial charge in [0.25, 0.3) is 0 Å². The van der Waals surface area contributed by atoms with Gasteiger partial charge in [-0.25, -0.2) is 17.5 Å². The van der Waals surface area contributed by atoms with Crippen molar-refractivity contribution in [1.29, 1.82) is 0 Å². The highest BCUT2D eigenvalue weighted by Gasteiger charge is 2.26. The summed E-state index contributed by atoms with van der Waals surface area (Å²) in [6, 6.07) is 4.16. The molecule has 1 heterocycles. The number of imide groups is 1. The van der Waals surface area contributed by atoms with Crippen LogP contribution in [0.5, 0.6) is 5.75 Å². The smallest absolute Gasteiger partial charge is 0.243 e. The number of ether oxygens (including phenoxy) is 1. The molecule has 0 bridgehead atoms. The van der Waals surface area contributed by atoms with E-state index < -0.39 is 21.9 Å². The molecule has 31 heavy (non-hydrogen) atoms. The van der Waals surface area contributed by atoms with Crippen LogP contribution in [0.1, 0.15) is 50.5 Å². The highest BCUT2D eigenvalue weighted by Crippen LogP contribution is 2.31. The average molecular weight is 456 g/mol. The lowest BCUT2D eigenvalue weighted by molar-refractivity contribution is -0.134. The van der Waals surface area contributed by atoms with Gasteiger partial charge in [0.15, 0.2) is 11.6 Å².